The lowest BCUT2D eigenvalue weighted by Crippen LogP contribution is -2.22. The van der Waals surface area contributed by atoms with E-state index in [9.17, 15) is 8.42 Å². The summed E-state index contributed by atoms with van der Waals surface area (Å²) in [7, 11) is -3.50. The molecular formula is C36H54O3S. The molecule has 0 aliphatic carbocycles. The normalized spacial score (nSPS) is 14.8. The molecule has 0 spiro atoms. The average molecular weight is 567 g/mol. The zero-order valence-electron chi connectivity index (χ0n) is 26.2. The molecule has 1 aromatic rings. The highest BCUT2D eigenvalue weighted by Gasteiger charge is 2.27. The SMILES string of the molecule is CC(C)=CCC/C(C)=C/CC/C(C)=C/CC(/C(C)=C/CC/C(C)=C/CC/C(C)=C/CO)S(=O)(=O)c1ccccc1. The zero-order chi connectivity index (χ0) is 30.0. The van der Waals surface area contributed by atoms with Crippen LogP contribution in [0.2, 0.25) is 0 Å². The van der Waals surface area contributed by atoms with Crippen molar-refractivity contribution < 1.29 is 13.5 Å². The van der Waals surface area contributed by atoms with Crippen LogP contribution in [0.25, 0.3) is 0 Å². The van der Waals surface area contributed by atoms with Crippen LogP contribution in [0, 0.1) is 0 Å². The third-order valence-corrected chi connectivity index (χ3v) is 9.48. The molecule has 1 unspecified atom stereocenters. The first-order chi connectivity index (χ1) is 19.0. The first-order valence-corrected chi connectivity index (χ1v) is 16.3. The Morgan fingerprint density at radius 2 is 1.10 bits per heavy atom. The number of sulfone groups is 1. The van der Waals surface area contributed by atoms with Crippen LogP contribution < -0.4 is 0 Å². The van der Waals surface area contributed by atoms with Crippen LogP contribution in [0.1, 0.15) is 106 Å². The van der Waals surface area contributed by atoms with Crippen LogP contribution in [0.5, 0.6) is 0 Å². The third-order valence-electron chi connectivity index (χ3n) is 7.23. The van der Waals surface area contributed by atoms with Crippen LogP contribution in [-0.4, -0.2) is 25.4 Å². The van der Waals surface area contributed by atoms with Crippen molar-refractivity contribution in [1.82, 2.24) is 0 Å². The predicted octanol–water partition coefficient (Wildman–Crippen LogP) is 10.0. The van der Waals surface area contributed by atoms with Crippen LogP contribution in [0.15, 0.2) is 105 Å². The summed E-state index contributed by atoms with van der Waals surface area (Å²) in [6, 6.07) is 8.85. The molecule has 0 aromatic heterocycles. The molecule has 0 aliphatic heterocycles. The topological polar surface area (TPSA) is 54.4 Å². The van der Waals surface area contributed by atoms with Gasteiger partial charge < -0.3 is 5.11 Å². The Hall–Kier alpha value is -2.43. The number of benzene rings is 1. The molecule has 0 aliphatic rings. The summed E-state index contributed by atoms with van der Waals surface area (Å²) in [5.74, 6) is 0. The summed E-state index contributed by atoms with van der Waals surface area (Å²) < 4.78 is 27.3. The largest absolute Gasteiger partial charge is 0.392 e. The van der Waals surface area contributed by atoms with Gasteiger partial charge in [0.05, 0.1) is 16.8 Å². The molecule has 4 heteroatoms. The van der Waals surface area contributed by atoms with Gasteiger partial charge in [0, 0.05) is 0 Å². The second-order valence-corrected chi connectivity index (χ2v) is 13.5. The van der Waals surface area contributed by atoms with E-state index in [0.717, 1.165) is 56.9 Å². The van der Waals surface area contributed by atoms with Gasteiger partial charge >= 0.3 is 0 Å². The van der Waals surface area contributed by atoms with Gasteiger partial charge in [0.2, 0.25) is 0 Å². The van der Waals surface area contributed by atoms with Crippen molar-refractivity contribution in [2.24, 2.45) is 0 Å². The fourth-order valence-electron chi connectivity index (χ4n) is 4.54. The van der Waals surface area contributed by atoms with E-state index in [-0.39, 0.29) is 6.61 Å². The van der Waals surface area contributed by atoms with Crippen molar-refractivity contribution in [2.75, 3.05) is 6.61 Å². The number of rotatable bonds is 18. The smallest absolute Gasteiger partial charge is 0.185 e. The highest BCUT2D eigenvalue weighted by atomic mass is 32.2. The van der Waals surface area contributed by atoms with Gasteiger partial charge in [-0.1, -0.05) is 88.1 Å². The molecule has 0 fully saturated rings. The van der Waals surface area contributed by atoms with Crippen LogP contribution in [0.4, 0.5) is 0 Å². The molecular weight excluding hydrogens is 512 g/mol. The van der Waals surface area contributed by atoms with Crippen LogP contribution in [0.3, 0.4) is 0 Å². The lowest BCUT2D eigenvalue weighted by Gasteiger charge is -2.18. The third kappa shape index (κ3) is 14.8. The zero-order valence-corrected chi connectivity index (χ0v) is 27.0. The second kappa shape index (κ2) is 19.6. The van der Waals surface area contributed by atoms with Crippen molar-refractivity contribution in [3.63, 3.8) is 0 Å². The molecule has 0 saturated heterocycles. The fraction of sp³-hybridized carbons (Fsp3) is 0.500. The summed E-state index contributed by atoms with van der Waals surface area (Å²) >= 11 is 0. The maximum absolute atomic E-state index is 13.7. The Balaban J connectivity index is 2.92. The number of aliphatic hydroxyl groups is 1. The van der Waals surface area contributed by atoms with Crippen molar-refractivity contribution in [2.45, 2.75) is 116 Å². The lowest BCUT2D eigenvalue weighted by molar-refractivity contribution is 0.341. The molecule has 1 rings (SSSR count). The summed E-state index contributed by atoms with van der Waals surface area (Å²) in [4.78, 5) is 0.385. The van der Waals surface area contributed by atoms with Gasteiger partial charge in [-0.05, 0) is 118 Å². The van der Waals surface area contributed by atoms with Gasteiger partial charge in [-0.3, -0.25) is 0 Å². The van der Waals surface area contributed by atoms with E-state index in [1.165, 1.54) is 27.9 Å². The van der Waals surface area contributed by atoms with Crippen molar-refractivity contribution in [3.05, 3.63) is 100 Å². The molecule has 0 amide bonds. The number of hydrogen-bond donors (Lipinski definition) is 1. The first kappa shape index (κ1) is 35.6. The second-order valence-electron chi connectivity index (χ2n) is 11.4. The molecule has 0 heterocycles. The summed E-state index contributed by atoms with van der Waals surface area (Å²) in [5.41, 5.74) is 7.43. The minimum absolute atomic E-state index is 0.0913. The molecule has 1 aromatic carbocycles. The first-order valence-electron chi connectivity index (χ1n) is 14.8. The van der Waals surface area contributed by atoms with Gasteiger partial charge in [-0.25, -0.2) is 8.42 Å². The molecule has 0 radical (unpaired) electrons. The van der Waals surface area contributed by atoms with Gasteiger partial charge in [0.25, 0.3) is 0 Å². The summed E-state index contributed by atoms with van der Waals surface area (Å²) in [6.45, 7) is 14.8. The van der Waals surface area contributed by atoms with Crippen LogP contribution >= 0.6 is 0 Å². The Bertz CT molecular complexity index is 1170. The van der Waals surface area contributed by atoms with Gasteiger partial charge in [0.15, 0.2) is 9.84 Å². The monoisotopic (exact) mass is 566 g/mol. The van der Waals surface area contributed by atoms with E-state index >= 15 is 0 Å². The van der Waals surface area contributed by atoms with E-state index in [2.05, 4.69) is 65.0 Å². The van der Waals surface area contributed by atoms with E-state index in [1.807, 2.05) is 26.0 Å². The maximum Gasteiger partial charge on any atom is 0.185 e. The average Bonchev–Trinajstić information content (AvgIpc) is 2.89. The van der Waals surface area contributed by atoms with Crippen molar-refractivity contribution in [3.8, 4) is 0 Å². The van der Waals surface area contributed by atoms with Gasteiger partial charge in [-0.2, -0.15) is 0 Å². The lowest BCUT2D eigenvalue weighted by atomic mass is 10.0. The van der Waals surface area contributed by atoms with E-state index in [0.29, 0.717) is 11.3 Å². The highest BCUT2D eigenvalue weighted by Crippen LogP contribution is 2.26. The Morgan fingerprint density at radius 3 is 1.60 bits per heavy atom. The van der Waals surface area contributed by atoms with Crippen molar-refractivity contribution >= 4 is 9.84 Å². The molecule has 0 saturated carbocycles. The van der Waals surface area contributed by atoms with Crippen molar-refractivity contribution in [1.29, 1.82) is 0 Å². The van der Waals surface area contributed by atoms with E-state index in [4.69, 9.17) is 5.11 Å². The van der Waals surface area contributed by atoms with E-state index < -0.39 is 15.1 Å². The number of hydrogen-bond acceptors (Lipinski definition) is 3. The highest BCUT2D eigenvalue weighted by molar-refractivity contribution is 7.92. The van der Waals surface area contributed by atoms with E-state index in [1.54, 1.807) is 24.3 Å². The molecule has 1 atom stereocenters. The maximum atomic E-state index is 13.7. The van der Waals surface area contributed by atoms with Gasteiger partial charge in [-0.15, -0.1) is 0 Å². The Labute approximate surface area is 246 Å². The molecule has 222 valence electrons. The quantitative estimate of drug-likeness (QED) is 0.180. The molecule has 40 heavy (non-hydrogen) atoms. The Morgan fingerprint density at radius 1 is 0.650 bits per heavy atom. The van der Waals surface area contributed by atoms with Gasteiger partial charge in [0.1, 0.15) is 0 Å². The summed E-state index contributed by atoms with van der Waals surface area (Å²) in [6.07, 6.45) is 21.1. The number of aliphatic hydroxyl groups excluding tert-OH is 1. The van der Waals surface area contributed by atoms with Crippen LogP contribution in [-0.2, 0) is 9.84 Å². The molecule has 3 nitrogen and oxygen atoms in total. The standard InChI is InChI=1S/C36H54O3S/c1-29(2)15-11-16-30(3)17-12-19-32(5)25-26-36(40(38,39)35-23-9-8-10-24-35)34(7)22-14-21-31(4)18-13-20-33(6)27-28-37/h8-10,15,17-18,22-25,27,36-37H,11-14,16,19-21,26,28H2,1-7H3/b30-17+,31-18+,32-25+,33-27+,34-22+. The predicted molar refractivity (Wildman–Crippen MR) is 174 cm³/mol. The Kier molecular flexibility index (Phi) is 17.5. The minimum Gasteiger partial charge on any atom is -0.392 e. The minimum atomic E-state index is -3.50. The molecule has 1 N–H and O–H groups in total. The number of allylic oxidation sites excluding steroid dienone is 10. The fourth-order valence-corrected chi connectivity index (χ4v) is 6.34. The molecule has 0 bridgehead atoms. The summed E-state index contributed by atoms with van der Waals surface area (Å²) in [5, 5.41) is 8.44.